The zero-order valence-corrected chi connectivity index (χ0v) is 14.8. The van der Waals surface area contributed by atoms with Crippen molar-refractivity contribution in [3.05, 3.63) is 62.8 Å². The van der Waals surface area contributed by atoms with Crippen molar-refractivity contribution in [2.24, 2.45) is 0 Å². The van der Waals surface area contributed by atoms with E-state index in [-0.39, 0.29) is 0 Å². The van der Waals surface area contributed by atoms with Crippen LogP contribution in [0.25, 0.3) is 22.1 Å². The van der Waals surface area contributed by atoms with Gasteiger partial charge in [0.15, 0.2) is 5.65 Å². The van der Waals surface area contributed by atoms with Crippen LogP contribution < -0.4 is 0 Å². The van der Waals surface area contributed by atoms with Crippen LogP contribution in [0, 0.1) is 11.7 Å². The van der Waals surface area contributed by atoms with Crippen molar-refractivity contribution in [1.82, 2.24) is 19.7 Å². The zero-order valence-electron chi connectivity index (χ0n) is 12.4. The van der Waals surface area contributed by atoms with Crippen molar-refractivity contribution >= 4 is 50.2 Å². The van der Waals surface area contributed by atoms with E-state index in [0.29, 0.717) is 4.77 Å². The molecule has 0 radical (unpaired) electrons. The number of aryl methyl sites for hydroxylation is 1. The predicted octanol–water partition coefficient (Wildman–Crippen LogP) is 4.76. The van der Waals surface area contributed by atoms with Crippen molar-refractivity contribution in [2.45, 2.75) is 13.5 Å². The lowest BCUT2D eigenvalue weighted by atomic mass is 10.1. The number of halogens is 1. The number of nitrogens with one attached hydrogen (secondary N) is 1. The first kappa shape index (κ1) is 14.5. The van der Waals surface area contributed by atoms with E-state index < -0.39 is 0 Å². The molecule has 0 fully saturated rings. The molecule has 0 aliphatic carbocycles. The van der Waals surface area contributed by atoms with Crippen molar-refractivity contribution in [3.8, 4) is 0 Å². The molecule has 6 heteroatoms. The number of benzene rings is 2. The number of aromatic nitrogens is 4. The molecule has 0 aliphatic heterocycles. The Morgan fingerprint density at radius 1 is 1.22 bits per heavy atom. The first-order valence-electron chi connectivity index (χ1n) is 7.22. The number of H-pyrrole nitrogens is 1. The quantitative estimate of drug-likeness (QED) is 0.506. The van der Waals surface area contributed by atoms with Gasteiger partial charge in [-0.15, -0.1) is 0 Å². The third-order valence-electron chi connectivity index (χ3n) is 3.91. The van der Waals surface area contributed by atoms with Crippen LogP contribution in [0.5, 0.6) is 0 Å². The van der Waals surface area contributed by atoms with Gasteiger partial charge in [-0.1, -0.05) is 46.3 Å². The van der Waals surface area contributed by atoms with E-state index >= 15 is 0 Å². The fourth-order valence-corrected chi connectivity index (χ4v) is 3.70. The summed E-state index contributed by atoms with van der Waals surface area (Å²) in [5.41, 5.74) is 5.19. The third-order valence-corrected chi connectivity index (χ3v) is 4.55. The first-order chi connectivity index (χ1) is 11.1. The Labute approximate surface area is 146 Å². The number of hydrogen-bond acceptors (Lipinski definition) is 3. The van der Waals surface area contributed by atoms with Gasteiger partial charge in [0.2, 0.25) is 4.77 Å². The van der Waals surface area contributed by atoms with Crippen molar-refractivity contribution in [1.29, 1.82) is 0 Å². The molecule has 114 valence electrons. The second-order valence-corrected chi connectivity index (χ2v) is 6.81. The van der Waals surface area contributed by atoms with Crippen molar-refractivity contribution in [2.75, 3.05) is 0 Å². The van der Waals surface area contributed by atoms with Crippen LogP contribution in [0.15, 0.2) is 46.9 Å². The van der Waals surface area contributed by atoms with Gasteiger partial charge < -0.3 is 4.57 Å². The molecule has 0 bridgehead atoms. The molecule has 0 amide bonds. The Bertz CT molecular complexity index is 1080. The standard InChI is InChI=1S/C17H13BrN4S/c1-10-7-12(18)8-13-14-16(19-17(23)21-20-14)22(15(10)13)9-11-5-3-2-4-6-11/h2-8H,9H2,1H3,(H,19,21,23). The highest BCUT2D eigenvalue weighted by molar-refractivity contribution is 9.10. The summed E-state index contributed by atoms with van der Waals surface area (Å²) in [7, 11) is 0. The highest BCUT2D eigenvalue weighted by Crippen LogP contribution is 2.31. The van der Waals surface area contributed by atoms with Gasteiger partial charge >= 0.3 is 0 Å². The molecule has 0 spiro atoms. The van der Waals surface area contributed by atoms with Gasteiger partial charge in [0.25, 0.3) is 0 Å². The second-order valence-electron chi connectivity index (χ2n) is 5.50. The molecule has 2 heterocycles. The summed E-state index contributed by atoms with van der Waals surface area (Å²) in [5.74, 6) is 0. The highest BCUT2D eigenvalue weighted by Gasteiger charge is 2.16. The van der Waals surface area contributed by atoms with Gasteiger partial charge in [-0.2, -0.15) is 10.1 Å². The van der Waals surface area contributed by atoms with Crippen LogP contribution in [-0.2, 0) is 6.54 Å². The first-order valence-corrected chi connectivity index (χ1v) is 8.42. The normalized spacial score (nSPS) is 11.4. The molecule has 23 heavy (non-hydrogen) atoms. The van der Waals surface area contributed by atoms with Gasteiger partial charge in [-0.25, -0.2) is 0 Å². The maximum Gasteiger partial charge on any atom is 0.215 e. The molecule has 0 saturated heterocycles. The molecule has 1 N–H and O–H groups in total. The van der Waals surface area contributed by atoms with E-state index in [1.807, 2.05) is 18.2 Å². The average molecular weight is 385 g/mol. The second kappa shape index (κ2) is 5.54. The zero-order chi connectivity index (χ0) is 16.0. The van der Waals surface area contributed by atoms with Crippen LogP contribution in [0.4, 0.5) is 0 Å². The summed E-state index contributed by atoms with van der Waals surface area (Å²) in [5, 5.41) is 8.30. The Hall–Kier alpha value is -2.05. The van der Waals surface area contributed by atoms with Crippen LogP contribution in [0.1, 0.15) is 11.1 Å². The van der Waals surface area contributed by atoms with Gasteiger partial charge in [-0.3, -0.25) is 5.10 Å². The monoisotopic (exact) mass is 384 g/mol. The summed E-state index contributed by atoms with van der Waals surface area (Å²) in [6.45, 7) is 2.84. The minimum atomic E-state index is 0.395. The van der Waals surface area contributed by atoms with Crippen molar-refractivity contribution < 1.29 is 0 Å². The molecule has 2 aromatic carbocycles. The number of fused-ring (bicyclic) bond motifs is 3. The fourth-order valence-electron chi connectivity index (χ4n) is 3.00. The van der Waals surface area contributed by atoms with Gasteiger partial charge in [0.05, 0.1) is 5.52 Å². The highest BCUT2D eigenvalue weighted by atomic mass is 79.9. The molecule has 0 unspecified atom stereocenters. The molecule has 0 atom stereocenters. The molecule has 4 rings (SSSR count). The Morgan fingerprint density at radius 2 is 2.00 bits per heavy atom. The van der Waals surface area contributed by atoms with E-state index in [2.05, 4.69) is 66.9 Å². The fraction of sp³-hybridized carbons (Fsp3) is 0.118. The summed E-state index contributed by atoms with van der Waals surface area (Å²) in [6.07, 6.45) is 0. The lowest BCUT2D eigenvalue weighted by Crippen LogP contribution is -2.02. The average Bonchev–Trinajstić information content (AvgIpc) is 2.82. The van der Waals surface area contributed by atoms with Crippen LogP contribution in [0.3, 0.4) is 0 Å². The van der Waals surface area contributed by atoms with E-state index in [4.69, 9.17) is 12.2 Å². The van der Waals surface area contributed by atoms with Crippen molar-refractivity contribution in [3.63, 3.8) is 0 Å². The third kappa shape index (κ3) is 2.48. The smallest absolute Gasteiger partial charge is 0.215 e. The number of rotatable bonds is 2. The Morgan fingerprint density at radius 3 is 2.78 bits per heavy atom. The molecule has 0 saturated carbocycles. The Kier molecular flexibility index (Phi) is 3.50. The van der Waals surface area contributed by atoms with E-state index in [9.17, 15) is 0 Å². The van der Waals surface area contributed by atoms with E-state index in [1.54, 1.807) is 0 Å². The molecule has 4 aromatic rings. The maximum atomic E-state index is 5.18. The van der Waals surface area contributed by atoms with Crippen LogP contribution >= 0.6 is 28.1 Å². The molecular formula is C17H13BrN4S. The number of nitrogens with zero attached hydrogens (tertiary/aromatic N) is 3. The lowest BCUT2D eigenvalue weighted by molar-refractivity contribution is 0.842. The summed E-state index contributed by atoms with van der Waals surface area (Å²) < 4.78 is 3.62. The van der Waals surface area contributed by atoms with E-state index in [0.717, 1.165) is 33.1 Å². The van der Waals surface area contributed by atoms with Crippen LogP contribution in [-0.4, -0.2) is 19.7 Å². The number of hydrogen-bond donors (Lipinski definition) is 1. The lowest BCUT2D eigenvalue weighted by Gasteiger charge is -2.08. The molecule has 4 nitrogen and oxygen atoms in total. The SMILES string of the molecule is Cc1cc(Br)cc2c3n[nH]c(=S)nc3n(Cc3ccccc3)c12. The topological polar surface area (TPSA) is 46.5 Å². The molecule has 2 aromatic heterocycles. The molecule has 0 aliphatic rings. The maximum absolute atomic E-state index is 5.18. The number of aromatic amines is 1. The van der Waals surface area contributed by atoms with Gasteiger partial charge in [-0.05, 0) is 42.4 Å². The summed E-state index contributed by atoms with van der Waals surface area (Å²) >= 11 is 8.75. The van der Waals surface area contributed by atoms with Gasteiger partial charge in [0.1, 0.15) is 5.52 Å². The van der Waals surface area contributed by atoms with Gasteiger partial charge in [0, 0.05) is 16.4 Å². The Balaban J connectivity index is 2.10. The predicted molar refractivity (Wildman–Crippen MR) is 98.2 cm³/mol. The van der Waals surface area contributed by atoms with Crippen LogP contribution in [0.2, 0.25) is 0 Å². The minimum Gasteiger partial charge on any atom is -0.319 e. The minimum absolute atomic E-state index is 0.395. The van der Waals surface area contributed by atoms with E-state index in [1.165, 1.54) is 11.1 Å². The molecular weight excluding hydrogens is 372 g/mol. The summed E-state index contributed by atoms with van der Waals surface area (Å²) in [4.78, 5) is 4.52. The summed E-state index contributed by atoms with van der Waals surface area (Å²) in [6, 6.07) is 14.5. The largest absolute Gasteiger partial charge is 0.319 e.